The lowest BCUT2D eigenvalue weighted by molar-refractivity contribution is 0.234. The topological polar surface area (TPSA) is 0 Å². The first kappa shape index (κ1) is 11.2. The molecule has 1 aliphatic rings. The largest absolute Gasteiger partial charge is 0.0891 e. The second-order valence-electron chi connectivity index (χ2n) is 4.73. The minimum Gasteiger partial charge on any atom is -0.0891 e. The van der Waals surface area contributed by atoms with E-state index in [2.05, 4.69) is 20.8 Å². The van der Waals surface area contributed by atoms with E-state index in [0.717, 1.165) is 11.8 Å². The number of hydrogen-bond acceptors (Lipinski definition) is 1. The van der Waals surface area contributed by atoms with Gasteiger partial charge in [-0.2, -0.15) is 0 Å². The molecule has 0 aromatic rings. The molecular weight excluding hydrogens is 176 g/mol. The van der Waals surface area contributed by atoms with Gasteiger partial charge in [0.2, 0.25) is 0 Å². The lowest BCUT2D eigenvalue weighted by Crippen LogP contribution is -2.31. The zero-order valence-corrected chi connectivity index (χ0v) is 9.99. The van der Waals surface area contributed by atoms with Gasteiger partial charge in [-0.25, -0.2) is 0 Å². The Balaban J connectivity index is 2.14. The Morgan fingerprint density at radius 1 is 1.38 bits per heavy atom. The van der Waals surface area contributed by atoms with Crippen LogP contribution in [0, 0.1) is 17.8 Å². The first-order chi connectivity index (χ1) is 6.15. The summed E-state index contributed by atoms with van der Waals surface area (Å²) in [6.45, 7) is 6.72. The summed E-state index contributed by atoms with van der Waals surface area (Å²) in [6, 6.07) is 0. The molecule has 0 aromatic carbocycles. The normalized spacial score (nSPS) is 27.4. The van der Waals surface area contributed by atoms with Crippen LogP contribution in [0.15, 0.2) is 0 Å². The fourth-order valence-corrected chi connectivity index (χ4v) is 2.36. The smallest absolute Gasteiger partial charge is 0.00150 e. The summed E-state index contributed by atoms with van der Waals surface area (Å²) in [7, 11) is 0. The van der Waals surface area contributed by atoms with Gasteiger partial charge < -0.3 is 0 Å². The maximum Gasteiger partial charge on any atom is -0.00150 e. The van der Waals surface area contributed by atoms with Gasteiger partial charge in [-0.3, -0.25) is 0 Å². The lowest BCUT2D eigenvalue weighted by atomic mass is 9.69. The highest BCUT2D eigenvalue weighted by molar-refractivity contribution is 7.80. The molecule has 1 heteroatoms. The van der Waals surface area contributed by atoms with Crippen molar-refractivity contribution in [3.05, 3.63) is 0 Å². The highest BCUT2D eigenvalue weighted by Gasteiger charge is 2.31. The van der Waals surface area contributed by atoms with Crippen molar-refractivity contribution in [1.82, 2.24) is 0 Å². The van der Waals surface area contributed by atoms with Crippen molar-refractivity contribution in [2.75, 3.05) is 0 Å². The Kier molecular flexibility index (Phi) is 4.37. The summed E-state index contributed by atoms with van der Waals surface area (Å²) in [6.07, 6.45) is 6.96. The molecule has 13 heavy (non-hydrogen) atoms. The van der Waals surface area contributed by atoms with Crippen LogP contribution < -0.4 is 0 Å². The van der Waals surface area contributed by atoms with Crippen LogP contribution in [0.1, 0.15) is 52.9 Å². The van der Waals surface area contributed by atoms with Crippen molar-refractivity contribution in [2.45, 2.75) is 52.9 Å². The quantitative estimate of drug-likeness (QED) is 0.596. The second-order valence-corrected chi connectivity index (χ2v) is 5.21. The van der Waals surface area contributed by atoms with Crippen LogP contribution >= 0.6 is 12.2 Å². The molecule has 1 rings (SSSR count). The minimum atomic E-state index is 0.618. The number of thiocarbonyl (C=S) groups is 1. The van der Waals surface area contributed by atoms with Crippen LogP contribution in [-0.2, 0) is 0 Å². The monoisotopic (exact) mass is 198 g/mol. The molecule has 0 heterocycles. The first-order valence-electron chi connectivity index (χ1n) is 5.68. The molecule has 0 bridgehead atoms. The summed E-state index contributed by atoms with van der Waals surface area (Å²) in [4.78, 5) is 1.33. The van der Waals surface area contributed by atoms with Crippen LogP contribution in [0.2, 0.25) is 0 Å². The van der Waals surface area contributed by atoms with Gasteiger partial charge in [0.1, 0.15) is 0 Å². The molecule has 0 spiro atoms. The molecule has 0 nitrogen and oxygen atoms in total. The summed E-state index contributed by atoms with van der Waals surface area (Å²) in [5.41, 5.74) is 0. The van der Waals surface area contributed by atoms with E-state index in [-0.39, 0.29) is 0 Å². The van der Waals surface area contributed by atoms with Gasteiger partial charge in [0.25, 0.3) is 0 Å². The summed E-state index contributed by atoms with van der Waals surface area (Å²) in [5.74, 6) is 2.41. The minimum absolute atomic E-state index is 0.618. The Labute approximate surface area is 88.1 Å². The van der Waals surface area contributed by atoms with Crippen molar-refractivity contribution in [2.24, 2.45) is 17.8 Å². The molecule has 1 aliphatic carbocycles. The maximum absolute atomic E-state index is 5.42. The third-order valence-electron chi connectivity index (χ3n) is 3.17. The predicted octanol–water partition coefficient (Wildman–Crippen LogP) is 4.23. The molecule has 0 amide bonds. The van der Waals surface area contributed by atoms with Gasteiger partial charge in [0, 0.05) is 0 Å². The first-order valence-corrected chi connectivity index (χ1v) is 6.09. The van der Waals surface area contributed by atoms with Crippen LogP contribution in [0.25, 0.3) is 0 Å². The highest BCUT2D eigenvalue weighted by Crippen LogP contribution is 2.39. The third-order valence-corrected chi connectivity index (χ3v) is 3.98. The van der Waals surface area contributed by atoms with E-state index in [0.29, 0.717) is 5.92 Å². The summed E-state index contributed by atoms with van der Waals surface area (Å²) < 4.78 is 0. The molecule has 0 saturated heterocycles. The molecule has 76 valence electrons. The lowest BCUT2D eigenvalue weighted by Gasteiger charge is -2.37. The SMILES string of the molecule is CCCC[C@H]1C[C@H](C(=S)C(C)C)C1. The van der Waals surface area contributed by atoms with E-state index >= 15 is 0 Å². The average Bonchev–Trinajstić information content (AvgIpc) is 2.01. The Bertz CT molecular complexity index is 166. The van der Waals surface area contributed by atoms with Gasteiger partial charge in [-0.15, -0.1) is 0 Å². The highest BCUT2D eigenvalue weighted by atomic mass is 32.1. The van der Waals surface area contributed by atoms with Gasteiger partial charge in [-0.1, -0.05) is 52.3 Å². The molecule has 1 fully saturated rings. The van der Waals surface area contributed by atoms with E-state index in [9.17, 15) is 0 Å². The molecule has 1 saturated carbocycles. The van der Waals surface area contributed by atoms with Crippen molar-refractivity contribution in [3.8, 4) is 0 Å². The average molecular weight is 198 g/mol. The molecule has 0 aliphatic heterocycles. The van der Waals surface area contributed by atoms with Gasteiger partial charge in [0.15, 0.2) is 0 Å². The molecule has 0 N–H and O–H groups in total. The molecule has 0 atom stereocenters. The van der Waals surface area contributed by atoms with Crippen LogP contribution in [0.3, 0.4) is 0 Å². The van der Waals surface area contributed by atoms with E-state index < -0.39 is 0 Å². The van der Waals surface area contributed by atoms with Crippen molar-refractivity contribution < 1.29 is 0 Å². The molecule has 0 aromatic heterocycles. The standard InChI is InChI=1S/C12H22S/c1-4-5-6-10-7-11(8-10)12(13)9(2)3/h9-11H,4-8H2,1-3H3/t10-,11-. The summed E-state index contributed by atoms with van der Waals surface area (Å²) >= 11 is 5.42. The third kappa shape index (κ3) is 3.05. The zero-order chi connectivity index (χ0) is 9.84. The second kappa shape index (κ2) is 5.09. The summed E-state index contributed by atoms with van der Waals surface area (Å²) in [5, 5.41) is 0. The number of hydrogen-bond donors (Lipinski definition) is 0. The van der Waals surface area contributed by atoms with Crippen LogP contribution in [0.4, 0.5) is 0 Å². The number of unbranched alkanes of at least 4 members (excludes halogenated alkanes) is 1. The van der Waals surface area contributed by atoms with Gasteiger partial charge >= 0.3 is 0 Å². The van der Waals surface area contributed by atoms with Crippen molar-refractivity contribution in [3.63, 3.8) is 0 Å². The van der Waals surface area contributed by atoms with Crippen molar-refractivity contribution in [1.29, 1.82) is 0 Å². The van der Waals surface area contributed by atoms with E-state index in [1.807, 2.05) is 0 Å². The Morgan fingerprint density at radius 2 is 2.00 bits per heavy atom. The van der Waals surface area contributed by atoms with E-state index in [1.54, 1.807) is 0 Å². The number of rotatable bonds is 5. The fraction of sp³-hybridized carbons (Fsp3) is 0.917. The van der Waals surface area contributed by atoms with Gasteiger partial charge in [0.05, 0.1) is 0 Å². The maximum atomic E-state index is 5.42. The zero-order valence-electron chi connectivity index (χ0n) is 9.18. The Morgan fingerprint density at radius 3 is 2.46 bits per heavy atom. The molecule has 0 radical (unpaired) electrons. The molecular formula is C12H22S. The van der Waals surface area contributed by atoms with Crippen LogP contribution in [0.5, 0.6) is 0 Å². The fourth-order valence-electron chi connectivity index (χ4n) is 2.17. The Hall–Kier alpha value is 0.0900. The molecule has 0 unspecified atom stereocenters. The van der Waals surface area contributed by atoms with Crippen molar-refractivity contribution >= 4 is 17.1 Å². The van der Waals surface area contributed by atoms with Gasteiger partial charge in [-0.05, 0) is 35.5 Å². The van der Waals surface area contributed by atoms with E-state index in [4.69, 9.17) is 12.2 Å². The van der Waals surface area contributed by atoms with E-state index in [1.165, 1.54) is 37.0 Å². The van der Waals surface area contributed by atoms with Crippen LogP contribution in [-0.4, -0.2) is 4.86 Å². The predicted molar refractivity (Wildman–Crippen MR) is 63.2 cm³/mol.